The van der Waals surface area contributed by atoms with Crippen LogP contribution in [0.4, 0.5) is 0 Å². The van der Waals surface area contributed by atoms with Crippen molar-refractivity contribution in [3.8, 4) is 5.75 Å². The van der Waals surface area contributed by atoms with Gasteiger partial charge >= 0.3 is 0 Å². The highest BCUT2D eigenvalue weighted by atomic mass is 32.1. The number of amides is 1. The molecular formula is C22H26N2O2S. The normalized spacial score (nSPS) is 10.9. The van der Waals surface area contributed by atoms with Crippen LogP contribution in [0.25, 0.3) is 10.8 Å². The summed E-state index contributed by atoms with van der Waals surface area (Å²) in [5, 5.41) is 8.53. The van der Waals surface area contributed by atoms with Crippen LogP contribution in [0.5, 0.6) is 5.75 Å². The average molecular weight is 383 g/mol. The highest BCUT2D eigenvalue weighted by Crippen LogP contribution is 2.25. The molecule has 2 aromatic carbocycles. The standard InChI is InChI=1S/C22H26N2O2S/c1-17-16-27-22(24-17)13-4-5-14-23-21(25)12-7-15-26-20-11-6-9-18-8-2-3-10-19(18)20/h2-3,6,8-11,16H,4-5,7,12-15H2,1H3,(H,23,25). The molecule has 0 aliphatic rings. The second kappa shape index (κ2) is 10.1. The second-order valence-corrected chi connectivity index (χ2v) is 7.56. The Morgan fingerprint density at radius 2 is 1.96 bits per heavy atom. The monoisotopic (exact) mass is 382 g/mol. The maximum atomic E-state index is 11.9. The Bertz CT molecular complexity index is 870. The third-order valence-electron chi connectivity index (χ3n) is 4.36. The zero-order chi connectivity index (χ0) is 18.9. The van der Waals surface area contributed by atoms with Crippen molar-refractivity contribution in [1.82, 2.24) is 10.3 Å². The topological polar surface area (TPSA) is 51.2 Å². The predicted octanol–water partition coefficient (Wildman–Crippen LogP) is 4.90. The lowest BCUT2D eigenvalue weighted by atomic mass is 10.1. The number of fused-ring (bicyclic) bond motifs is 1. The molecule has 0 radical (unpaired) electrons. The number of aromatic nitrogens is 1. The molecule has 4 nitrogen and oxygen atoms in total. The molecule has 1 amide bonds. The molecular weight excluding hydrogens is 356 g/mol. The fraction of sp³-hybridized carbons (Fsp3) is 0.364. The molecule has 1 aromatic heterocycles. The van der Waals surface area contributed by atoms with Gasteiger partial charge in [0.1, 0.15) is 5.75 Å². The molecule has 142 valence electrons. The van der Waals surface area contributed by atoms with E-state index in [1.807, 2.05) is 31.2 Å². The Balaban J connectivity index is 1.28. The lowest BCUT2D eigenvalue weighted by molar-refractivity contribution is -0.121. The van der Waals surface area contributed by atoms with Gasteiger partial charge in [-0.05, 0) is 44.1 Å². The summed E-state index contributed by atoms with van der Waals surface area (Å²) in [4.78, 5) is 16.4. The Kier molecular flexibility index (Phi) is 7.22. The van der Waals surface area contributed by atoms with E-state index in [1.165, 1.54) is 10.4 Å². The van der Waals surface area contributed by atoms with Crippen molar-refractivity contribution in [3.05, 3.63) is 58.5 Å². The number of carbonyl (C=O) groups is 1. The summed E-state index contributed by atoms with van der Waals surface area (Å²) in [5.41, 5.74) is 1.09. The molecule has 1 N–H and O–H groups in total. The molecule has 5 heteroatoms. The highest BCUT2D eigenvalue weighted by Gasteiger charge is 2.04. The van der Waals surface area contributed by atoms with E-state index in [0.29, 0.717) is 19.4 Å². The number of unbranched alkanes of at least 4 members (excludes halogenated alkanes) is 1. The van der Waals surface area contributed by atoms with Crippen LogP contribution in [0.1, 0.15) is 36.4 Å². The van der Waals surface area contributed by atoms with Crippen LogP contribution in [0.15, 0.2) is 47.8 Å². The SMILES string of the molecule is Cc1csc(CCCCNC(=O)CCCOc2cccc3ccccc23)n1. The number of aryl methyl sites for hydroxylation is 2. The zero-order valence-corrected chi connectivity index (χ0v) is 16.6. The summed E-state index contributed by atoms with van der Waals surface area (Å²) in [6.07, 6.45) is 4.24. The number of carbonyl (C=O) groups excluding carboxylic acids is 1. The van der Waals surface area contributed by atoms with Gasteiger partial charge < -0.3 is 10.1 Å². The van der Waals surface area contributed by atoms with E-state index in [-0.39, 0.29) is 5.91 Å². The smallest absolute Gasteiger partial charge is 0.220 e. The minimum atomic E-state index is 0.0987. The quantitative estimate of drug-likeness (QED) is 0.507. The van der Waals surface area contributed by atoms with E-state index in [0.717, 1.165) is 42.6 Å². The summed E-state index contributed by atoms with van der Waals surface area (Å²) in [7, 11) is 0. The van der Waals surface area contributed by atoms with E-state index in [2.05, 4.69) is 33.9 Å². The van der Waals surface area contributed by atoms with Gasteiger partial charge in [0.2, 0.25) is 5.91 Å². The first kappa shape index (κ1) is 19.4. The van der Waals surface area contributed by atoms with Gasteiger partial charge in [-0.1, -0.05) is 36.4 Å². The van der Waals surface area contributed by atoms with Gasteiger partial charge in [0.15, 0.2) is 0 Å². The third-order valence-corrected chi connectivity index (χ3v) is 5.39. The Hall–Kier alpha value is -2.40. The summed E-state index contributed by atoms with van der Waals surface area (Å²) in [6, 6.07) is 14.2. The predicted molar refractivity (Wildman–Crippen MR) is 111 cm³/mol. The molecule has 1 heterocycles. The molecule has 0 unspecified atom stereocenters. The lowest BCUT2D eigenvalue weighted by Gasteiger charge is -2.09. The van der Waals surface area contributed by atoms with Crippen molar-refractivity contribution in [2.24, 2.45) is 0 Å². The van der Waals surface area contributed by atoms with Crippen LogP contribution in [0.3, 0.4) is 0 Å². The van der Waals surface area contributed by atoms with Gasteiger partial charge in [-0.3, -0.25) is 4.79 Å². The number of hydrogen-bond donors (Lipinski definition) is 1. The van der Waals surface area contributed by atoms with Crippen LogP contribution >= 0.6 is 11.3 Å². The summed E-state index contributed by atoms with van der Waals surface area (Å²) in [5.74, 6) is 0.979. The molecule has 0 aliphatic heterocycles. The molecule has 0 fully saturated rings. The maximum Gasteiger partial charge on any atom is 0.220 e. The minimum Gasteiger partial charge on any atom is -0.493 e. The number of hydrogen-bond acceptors (Lipinski definition) is 4. The largest absolute Gasteiger partial charge is 0.493 e. The van der Waals surface area contributed by atoms with E-state index in [4.69, 9.17) is 4.74 Å². The van der Waals surface area contributed by atoms with Gasteiger partial charge in [0.25, 0.3) is 0 Å². The maximum absolute atomic E-state index is 11.9. The molecule has 0 bridgehead atoms. The Morgan fingerprint density at radius 3 is 2.81 bits per heavy atom. The summed E-state index contributed by atoms with van der Waals surface area (Å²) >= 11 is 1.71. The molecule has 0 aliphatic carbocycles. The zero-order valence-electron chi connectivity index (χ0n) is 15.7. The fourth-order valence-electron chi connectivity index (χ4n) is 2.97. The van der Waals surface area contributed by atoms with Crippen LogP contribution < -0.4 is 10.1 Å². The van der Waals surface area contributed by atoms with Gasteiger partial charge in [-0.15, -0.1) is 11.3 Å². The molecule has 0 saturated heterocycles. The van der Waals surface area contributed by atoms with Crippen LogP contribution in [0.2, 0.25) is 0 Å². The van der Waals surface area contributed by atoms with Crippen LogP contribution in [0, 0.1) is 6.92 Å². The van der Waals surface area contributed by atoms with Crippen molar-refractivity contribution < 1.29 is 9.53 Å². The first-order valence-corrected chi connectivity index (χ1v) is 10.4. The number of rotatable bonds is 10. The summed E-state index contributed by atoms with van der Waals surface area (Å²) in [6.45, 7) is 3.29. The molecule has 3 aromatic rings. The molecule has 27 heavy (non-hydrogen) atoms. The number of thiazole rings is 1. The van der Waals surface area contributed by atoms with Gasteiger partial charge in [-0.25, -0.2) is 4.98 Å². The number of ether oxygens (including phenoxy) is 1. The Labute approximate surface area is 164 Å². The average Bonchev–Trinajstić information content (AvgIpc) is 3.10. The first-order chi connectivity index (χ1) is 13.2. The highest BCUT2D eigenvalue weighted by molar-refractivity contribution is 7.09. The van der Waals surface area contributed by atoms with Crippen molar-refractivity contribution in [1.29, 1.82) is 0 Å². The second-order valence-electron chi connectivity index (χ2n) is 6.62. The first-order valence-electron chi connectivity index (χ1n) is 9.50. The fourth-order valence-corrected chi connectivity index (χ4v) is 3.79. The van der Waals surface area contributed by atoms with Gasteiger partial charge in [0.05, 0.1) is 11.6 Å². The van der Waals surface area contributed by atoms with Crippen LogP contribution in [-0.2, 0) is 11.2 Å². The summed E-state index contributed by atoms with van der Waals surface area (Å²) < 4.78 is 5.88. The van der Waals surface area contributed by atoms with Gasteiger partial charge in [-0.2, -0.15) is 0 Å². The van der Waals surface area contributed by atoms with E-state index in [9.17, 15) is 4.79 Å². The van der Waals surface area contributed by atoms with E-state index < -0.39 is 0 Å². The van der Waals surface area contributed by atoms with Crippen molar-refractivity contribution in [2.75, 3.05) is 13.2 Å². The minimum absolute atomic E-state index is 0.0987. The molecule has 3 rings (SSSR count). The van der Waals surface area contributed by atoms with Crippen molar-refractivity contribution in [3.63, 3.8) is 0 Å². The molecule has 0 atom stereocenters. The molecule has 0 spiro atoms. The lowest BCUT2D eigenvalue weighted by Crippen LogP contribution is -2.24. The van der Waals surface area contributed by atoms with E-state index in [1.54, 1.807) is 11.3 Å². The number of benzene rings is 2. The van der Waals surface area contributed by atoms with Crippen LogP contribution in [-0.4, -0.2) is 24.0 Å². The number of nitrogens with one attached hydrogen (secondary N) is 1. The van der Waals surface area contributed by atoms with Crippen molar-refractivity contribution in [2.45, 2.75) is 39.0 Å². The van der Waals surface area contributed by atoms with E-state index >= 15 is 0 Å². The van der Waals surface area contributed by atoms with Gasteiger partial charge in [0, 0.05) is 29.4 Å². The molecule has 0 saturated carbocycles. The van der Waals surface area contributed by atoms with Crippen molar-refractivity contribution >= 4 is 28.0 Å². The third kappa shape index (κ3) is 6.07. The Morgan fingerprint density at radius 1 is 1.11 bits per heavy atom. The number of nitrogens with zero attached hydrogens (tertiary/aromatic N) is 1.